The molecule has 0 bridgehead atoms. The molecule has 0 saturated heterocycles. The molecule has 160 valence electrons. The van der Waals surface area contributed by atoms with Gasteiger partial charge in [-0.15, -0.1) is 10.2 Å². The minimum atomic E-state index is -0.221. The fourth-order valence-corrected chi connectivity index (χ4v) is 5.47. The summed E-state index contributed by atoms with van der Waals surface area (Å²) in [5.74, 6) is 0.984. The summed E-state index contributed by atoms with van der Waals surface area (Å²) >= 11 is 1.49. The molecule has 0 N–H and O–H groups in total. The second-order valence-electron chi connectivity index (χ2n) is 8.06. The molecule has 0 aliphatic heterocycles. The number of aromatic nitrogens is 3. The lowest BCUT2D eigenvalue weighted by Gasteiger charge is -2.35. The zero-order valence-corrected chi connectivity index (χ0v) is 19.0. The van der Waals surface area contributed by atoms with E-state index in [0.717, 1.165) is 52.4 Å². The van der Waals surface area contributed by atoms with Crippen LogP contribution in [0.1, 0.15) is 51.5 Å². The number of hydrogen-bond donors (Lipinski definition) is 0. The van der Waals surface area contributed by atoms with E-state index in [2.05, 4.69) is 35.0 Å². The third-order valence-corrected chi connectivity index (χ3v) is 7.17. The van der Waals surface area contributed by atoms with Crippen molar-refractivity contribution in [2.45, 2.75) is 69.3 Å². The van der Waals surface area contributed by atoms with Gasteiger partial charge in [0.05, 0.1) is 17.9 Å². The number of aryl methyl sites for hydroxylation is 1. The number of fused-ring (bicyclic) bond motifs is 3. The Morgan fingerprint density at radius 2 is 2.03 bits per heavy atom. The maximum Gasteiger partial charge on any atom is 0.236 e. The summed E-state index contributed by atoms with van der Waals surface area (Å²) in [5, 5.41) is 10.5. The Morgan fingerprint density at radius 3 is 2.73 bits per heavy atom. The molecule has 1 saturated carbocycles. The molecule has 3 aromatic rings. The highest BCUT2D eigenvalue weighted by Crippen LogP contribution is 2.31. The Kier molecular flexibility index (Phi) is 6.18. The van der Waals surface area contributed by atoms with Crippen LogP contribution in [0.3, 0.4) is 0 Å². The predicted molar refractivity (Wildman–Crippen MR) is 121 cm³/mol. The normalized spacial score (nSPS) is 16.1. The Balaban J connectivity index is 1.66. The average molecular weight is 427 g/mol. The second-order valence-corrected chi connectivity index (χ2v) is 9.37. The number of carbonyl (C=O) groups is 1. The fraction of sp³-hybridized carbons (Fsp3) is 0.522. The van der Waals surface area contributed by atoms with Crippen molar-refractivity contribution in [2.75, 3.05) is 13.7 Å². The third-order valence-electron chi connectivity index (χ3n) is 6.14. The van der Waals surface area contributed by atoms with Crippen LogP contribution in [0.2, 0.25) is 0 Å². The molecule has 1 aliphatic carbocycles. The van der Waals surface area contributed by atoms with E-state index in [1.807, 2.05) is 29.5 Å². The van der Waals surface area contributed by atoms with E-state index in [1.165, 1.54) is 31.0 Å². The van der Waals surface area contributed by atoms with Gasteiger partial charge in [0.2, 0.25) is 5.91 Å². The zero-order valence-electron chi connectivity index (χ0n) is 18.2. The molecule has 0 radical (unpaired) electrons. The monoisotopic (exact) mass is 426 g/mol. The molecule has 2 heterocycles. The number of ether oxygens (including phenoxy) is 1. The quantitative estimate of drug-likeness (QED) is 0.527. The molecular formula is C23H30N4O2S. The smallest absolute Gasteiger partial charge is 0.236 e. The molecule has 7 heteroatoms. The van der Waals surface area contributed by atoms with Crippen LogP contribution >= 0.6 is 11.8 Å². The van der Waals surface area contributed by atoms with Crippen LogP contribution in [0.4, 0.5) is 0 Å². The van der Waals surface area contributed by atoms with Gasteiger partial charge < -0.3 is 9.64 Å². The average Bonchev–Trinajstić information content (AvgIpc) is 3.17. The third kappa shape index (κ3) is 3.87. The standard InChI is InChI=1S/C23H30N4O2S/c1-5-26(17-9-7-6-8-10-17)22(28)16(3)30-23-25-24-21-13-15(2)19-12-11-18(29-4)14-20(19)27(21)23/h11-14,16-17H,5-10H2,1-4H3. The molecule has 1 fully saturated rings. The minimum absolute atomic E-state index is 0.195. The van der Waals surface area contributed by atoms with Gasteiger partial charge in [-0.1, -0.05) is 31.0 Å². The Morgan fingerprint density at radius 1 is 1.27 bits per heavy atom. The maximum absolute atomic E-state index is 13.3. The van der Waals surface area contributed by atoms with Crippen LogP contribution in [0, 0.1) is 6.92 Å². The van der Waals surface area contributed by atoms with E-state index in [-0.39, 0.29) is 11.2 Å². The van der Waals surface area contributed by atoms with E-state index in [4.69, 9.17) is 4.74 Å². The van der Waals surface area contributed by atoms with E-state index in [1.54, 1.807) is 7.11 Å². The molecule has 1 unspecified atom stereocenters. The minimum Gasteiger partial charge on any atom is -0.497 e. The van der Waals surface area contributed by atoms with E-state index < -0.39 is 0 Å². The van der Waals surface area contributed by atoms with Crippen LogP contribution in [0.5, 0.6) is 5.75 Å². The first-order chi connectivity index (χ1) is 14.5. The number of methoxy groups -OCH3 is 1. The topological polar surface area (TPSA) is 59.7 Å². The molecule has 4 rings (SSSR count). The van der Waals surface area contributed by atoms with Crippen LogP contribution in [-0.4, -0.2) is 50.4 Å². The van der Waals surface area contributed by atoms with Gasteiger partial charge in [0.25, 0.3) is 0 Å². The highest BCUT2D eigenvalue weighted by Gasteiger charge is 2.29. The number of nitrogens with zero attached hydrogens (tertiary/aromatic N) is 4. The van der Waals surface area contributed by atoms with Crippen molar-refractivity contribution in [3.8, 4) is 5.75 Å². The lowest BCUT2D eigenvalue weighted by atomic mass is 9.94. The van der Waals surface area contributed by atoms with Gasteiger partial charge in [-0.2, -0.15) is 0 Å². The first-order valence-electron chi connectivity index (χ1n) is 10.8. The number of pyridine rings is 1. The number of carbonyl (C=O) groups excluding carboxylic acids is 1. The van der Waals surface area contributed by atoms with E-state index in [0.29, 0.717) is 6.04 Å². The lowest BCUT2D eigenvalue weighted by Crippen LogP contribution is -2.44. The number of amides is 1. The van der Waals surface area contributed by atoms with Gasteiger partial charge in [0.15, 0.2) is 10.8 Å². The summed E-state index contributed by atoms with van der Waals surface area (Å²) < 4.78 is 7.48. The van der Waals surface area contributed by atoms with Crippen molar-refractivity contribution in [3.05, 3.63) is 29.8 Å². The predicted octanol–water partition coefficient (Wildman–Crippen LogP) is 4.86. The maximum atomic E-state index is 13.3. The van der Waals surface area contributed by atoms with Gasteiger partial charge in [-0.25, -0.2) is 0 Å². The highest BCUT2D eigenvalue weighted by molar-refractivity contribution is 8.00. The first-order valence-corrected chi connectivity index (χ1v) is 11.7. The van der Waals surface area contributed by atoms with Crippen molar-refractivity contribution >= 4 is 34.2 Å². The summed E-state index contributed by atoms with van der Waals surface area (Å²) in [6, 6.07) is 8.46. The fourth-order valence-electron chi connectivity index (χ4n) is 4.53. The van der Waals surface area contributed by atoms with Crippen LogP contribution < -0.4 is 4.74 Å². The zero-order chi connectivity index (χ0) is 21.3. The molecule has 1 aromatic carbocycles. The van der Waals surface area contributed by atoms with Crippen molar-refractivity contribution in [1.82, 2.24) is 19.5 Å². The van der Waals surface area contributed by atoms with Gasteiger partial charge in [0, 0.05) is 24.0 Å². The van der Waals surface area contributed by atoms with Gasteiger partial charge in [-0.3, -0.25) is 9.20 Å². The number of benzene rings is 1. The first kappa shape index (κ1) is 21.0. The molecule has 1 amide bonds. The molecule has 1 atom stereocenters. The van der Waals surface area contributed by atoms with Crippen molar-refractivity contribution in [1.29, 1.82) is 0 Å². The summed E-state index contributed by atoms with van der Waals surface area (Å²) in [6.45, 7) is 6.90. The van der Waals surface area contributed by atoms with E-state index in [9.17, 15) is 4.79 Å². The summed E-state index contributed by atoms with van der Waals surface area (Å²) in [7, 11) is 1.67. The molecule has 1 aliphatic rings. The largest absolute Gasteiger partial charge is 0.497 e. The summed E-state index contributed by atoms with van der Waals surface area (Å²) in [6.07, 6.45) is 5.97. The summed E-state index contributed by atoms with van der Waals surface area (Å²) in [4.78, 5) is 15.4. The Labute approximate surface area is 182 Å². The highest BCUT2D eigenvalue weighted by atomic mass is 32.2. The Hall–Kier alpha value is -2.28. The van der Waals surface area contributed by atoms with Crippen LogP contribution in [0.25, 0.3) is 16.6 Å². The second kappa shape index (κ2) is 8.84. The van der Waals surface area contributed by atoms with Crippen molar-refractivity contribution in [2.24, 2.45) is 0 Å². The number of hydrogen-bond acceptors (Lipinski definition) is 5. The number of rotatable bonds is 6. The molecule has 30 heavy (non-hydrogen) atoms. The number of thioether (sulfide) groups is 1. The van der Waals surface area contributed by atoms with Crippen LogP contribution in [0.15, 0.2) is 29.4 Å². The van der Waals surface area contributed by atoms with Crippen molar-refractivity contribution in [3.63, 3.8) is 0 Å². The van der Waals surface area contributed by atoms with Gasteiger partial charge >= 0.3 is 0 Å². The molecule has 0 spiro atoms. The SMILES string of the molecule is CCN(C(=O)C(C)Sc1nnc2cc(C)c3ccc(OC)cc3n12)C1CCCCC1. The summed E-state index contributed by atoms with van der Waals surface area (Å²) in [5.41, 5.74) is 2.92. The van der Waals surface area contributed by atoms with Gasteiger partial charge in [-0.05, 0) is 57.4 Å². The lowest BCUT2D eigenvalue weighted by molar-refractivity contribution is -0.133. The van der Waals surface area contributed by atoms with E-state index >= 15 is 0 Å². The molecule has 6 nitrogen and oxygen atoms in total. The van der Waals surface area contributed by atoms with Gasteiger partial charge in [0.1, 0.15) is 5.75 Å². The van der Waals surface area contributed by atoms with Crippen molar-refractivity contribution < 1.29 is 9.53 Å². The molecule has 2 aromatic heterocycles. The van der Waals surface area contributed by atoms with Crippen LogP contribution in [-0.2, 0) is 4.79 Å². The Bertz CT molecular complexity index is 1060. The molecular weight excluding hydrogens is 396 g/mol.